The molecule has 6 aromatic carbocycles. The standard InChI is InChI=1S/C16H19N3O.C15H18N4O.C15H20N2O2.C13H14N4O.C13H16N2O2.C12H17N3O/c1-11-12(2)18-16-14(6-5-13(17)15(11)16)20-10-9-19-7-3-4-8-19;1-10-11(2)18-15-13(4-3-12(16)14(10)15)20-8-7-19-6-5-17-9-19;1-5-19-15(18)13-9(4)12-11(16)7-6-10(8(2)3)14(12)17-13;14-11-1-2-12(13-10(11)3-4-16-13)18-8-7-17-6-5-15-9-17;1-6(2)8-4-5-9(14)10-7(3)11(13(16)17)15-12(8)10;1-15(2)7-8-16-11-4-3-10(13)9-5-6-14-12(9)11/h3-8,18H,9-10,17H2,1-2H3;3-6,9,18H,7-8,16H2,1-2H3;6-8,17H,5,16H2,1-4H3;1-6,9,16H,7-8,14H2;4-6,15H,14H2,1-3H3,(H,16,17);3-6,14H,7-8,13H2,1-2H3. The van der Waals surface area contributed by atoms with Gasteiger partial charge in [0, 0.05) is 134 Å². The molecule has 15 rings (SSSR count). The largest absolute Gasteiger partial charge is 0.490 e. The maximum atomic E-state index is 11.9. The summed E-state index contributed by atoms with van der Waals surface area (Å²) in [4.78, 5) is 52.3. The first-order valence-corrected chi connectivity index (χ1v) is 36.6. The molecule has 9 aromatic heterocycles. The SMILES string of the molecule is CCOC(=O)c1[nH]c2c(C(C)C)ccc(N)c2c1C.CN(C)CCOc1ccc(N)c2cc[nH]c12.Cc1[nH]c2c(OCCn3cccc3)ccc(N)c2c1C.Cc1[nH]c2c(OCCn3ccnc3)ccc(N)c2c1C.Cc1c(C(=O)O)[nH]c2c(C(C)C)ccc(N)c12.Nc1ccc(OCCn2ccnc2)c2[nH]ccc12. The monoisotopic (exact) mass is 1490 g/mol. The Morgan fingerprint density at radius 2 is 0.827 bits per heavy atom. The average Bonchev–Trinajstić information content (AvgIpc) is 1.64. The van der Waals surface area contributed by atoms with Crippen molar-refractivity contribution in [2.24, 2.45) is 0 Å². The summed E-state index contributed by atoms with van der Waals surface area (Å²) < 4.78 is 34.4. The minimum absolute atomic E-state index is 0.222. The predicted molar refractivity (Wildman–Crippen MR) is 445 cm³/mol. The number of carboxylic acid groups (broad SMARTS) is 1. The Morgan fingerprint density at radius 1 is 0.455 bits per heavy atom. The van der Waals surface area contributed by atoms with Crippen LogP contribution in [0.1, 0.15) is 112 Å². The second-order valence-corrected chi connectivity index (χ2v) is 27.7. The number of esters is 1. The second-order valence-electron chi connectivity index (χ2n) is 27.7. The molecule has 578 valence electrons. The molecular weight excluding hydrogens is 1390 g/mol. The number of H-pyrrole nitrogens is 6. The fraction of sp³-hybridized carbons (Fsp3) is 0.286. The smallest absolute Gasteiger partial charge is 0.355 e. The number of hydrogen-bond donors (Lipinski definition) is 13. The van der Waals surface area contributed by atoms with Crippen molar-refractivity contribution in [3.05, 3.63) is 215 Å². The highest BCUT2D eigenvalue weighted by atomic mass is 16.5. The zero-order valence-electron chi connectivity index (χ0n) is 65.0. The van der Waals surface area contributed by atoms with Gasteiger partial charge in [-0.1, -0.05) is 39.8 Å². The number of hydrogen-bond acceptors (Lipinski definition) is 16. The van der Waals surface area contributed by atoms with Gasteiger partial charge in [0.2, 0.25) is 0 Å². The number of rotatable bonds is 21. The molecule has 110 heavy (non-hydrogen) atoms. The number of aromatic carboxylic acids is 1. The Morgan fingerprint density at radius 3 is 1.22 bits per heavy atom. The quantitative estimate of drug-likeness (QED) is 0.0235. The highest BCUT2D eigenvalue weighted by molar-refractivity contribution is 6.06. The molecule has 0 radical (unpaired) electrons. The lowest BCUT2D eigenvalue weighted by Crippen LogP contribution is -2.19. The molecular formula is C84H104N18O8. The second kappa shape index (κ2) is 36.2. The molecule has 0 fully saturated rings. The van der Waals surface area contributed by atoms with Gasteiger partial charge in [-0.2, -0.15) is 0 Å². The van der Waals surface area contributed by atoms with Gasteiger partial charge in [-0.25, -0.2) is 19.6 Å². The summed E-state index contributed by atoms with van der Waals surface area (Å²) in [6.45, 7) is 28.2. The first-order valence-electron chi connectivity index (χ1n) is 36.6. The number of nitrogen functional groups attached to an aromatic ring is 6. The molecule has 26 nitrogen and oxygen atoms in total. The Hall–Kier alpha value is -12.8. The molecule has 0 aliphatic rings. The van der Waals surface area contributed by atoms with E-state index < -0.39 is 5.97 Å². The first-order chi connectivity index (χ1) is 52.8. The maximum Gasteiger partial charge on any atom is 0.355 e. The Kier molecular flexibility index (Phi) is 26.2. The Bertz CT molecular complexity index is 5430. The van der Waals surface area contributed by atoms with Crippen LogP contribution in [-0.2, 0) is 24.4 Å². The molecule has 0 bridgehead atoms. The average molecular weight is 1490 g/mol. The number of aromatic amines is 6. The van der Waals surface area contributed by atoms with Crippen LogP contribution >= 0.6 is 0 Å². The number of aryl methyl sites for hydroxylation is 6. The van der Waals surface area contributed by atoms with E-state index in [9.17, 15) is 9.59 Å². The Labute approximate surface area is 639 Å². The van der Waals surface area contributed by atoms with E-state index in [1.807, 2.05) is 171 Å². The number of aromatic nitrogens is 11. The number of imidazole rings is 2. The molecule has 0 spiro atoms. The van der Waals surface area contributed by atoms with Crippen LogP contribution in [0.4, 0.5) is 34.1 Å². The predicted octanol–water partition coefficient (Wildman–Crippen LogP) is 15.8. The van der Waals surface area contributed by atoms with Gasteiger partial charge < -0.3 is 112 Å². The topological polar surface area (TPSA) is 395 Å². The van der Waals surface area contributed by atoms with Crippen LogP contribution in [0.2, 0.25) is 0 Å². The number of fused-ring (bicyclic) bond motifs is 6. The van der Waals surface area contributed by atoms with E-state index in [2.05, 4.69) is 97.8 Å². The van der Waals surface area contributed by atoms with Gasteiger partial charge >= 0.3 is 11.9 Å². The third-order valence-corrected chi connectivity index (χ3v) is 19.2. The van der Waals surface area contributed by atoms with Crippen LogP contribution in [0.15, 0.2) is 159 Å². The first kappa shape index (κ1) is 79.7. The normalized spacial score (nSPS) is 11.1. The highest BCUT2D eigenvalue weighted by Gasteiger charge is 2.22. The van der Waals surface area contributed by atoms with Crippen LogP contribution < -0.4 is 53.3 Å². The Balaban J connectivity index is 0.000000141. The van der Waals surface area contributed by atoms with E-state index in [4.69, 9.17) is 63.2 Å². The van der Waals surface area contributed by atoms with Crippen molar-refractivity contribution in [2.75, 3.05) is 88.1 Å². The lowest BCUT2D eigenvalue weighted by Gasteiger charge is -2.12. The minimum Gasteiger partial charge on any atom is -0.490 e. The summed E-state index contributed by atoms with van der Waals surface area (Å²) in [5.41, 5.74) is 55.1. The summed E-state index contributed by atoms with van der Waals surface area (Å²) >= 11 is 0. The summed E-state index contributed by atoms with van der Waals surface area (Å²) in [6, 6.07) is 30.8. The van der Waals surface area contributed by atoms with Crippen molar-refractivity contribution in [1.29, 1.82) is 0 Å². The van der Waals surface area contributed by atoms with Crippen molar-refractivity contribution >= 4 is 111 Å². The number of nitrogens with two attached hydrogens (primary N) is 6. The molecule has 0 saturated carbocycles. The summed E-state index contributed by atoms with van der Waals surface area (Å²) in [5.74, 6) is 2.77. The maximum absolute atomic E-state index is 11.9. The number of nitrogens with zero attached hydrogens (tertiary/aromatic N) is 6. The van der Waals surface area contributed by atoms with Gasteiger partial charge in [-0.05, 0) is 193 Å². The molecule has 26 heteroatoms. The fourth-order valence-corrected chi connectivity index (χ4v) is 13.1. The lowest BCUT2D eigenvalue weighted by atomic mass is 9.98. The molecule has 0 atom stereocenters. The third kappa shape index (κ3) is 18.6. The van der Waals surface area contributed by atoms with Crippen molar-refractivity contribution < 1.29 is 38.4 Å². The number of ether oxygens (including phenoxy) is 5. The van der Waals surface area contributed by atoms with Gasteiger partial charge in [-0.15, -0.1) is 0 Å². The number of anilines is 6. The zero-order valence-corrected chi connectivity index (χ0v) is 65.0. The van der Waals surface area contributed by atoms with Gasteiger partial charge in [0.05, 0.1) is 72.0 Å². The van der Waals surface area contributed by atoms with E-state index >= 15 is 0 Å². The van der Waals surface area contributed by atoms with Crippen LogP contribution in [0.25, 0.3) is 65.4 Å². The minimum atomic E-state index is -0.951. The highest BCUT2D eigenvalue weighted by Crippen LogP contribution is 2.38. The molecule has 19 N–H and O–H groups in total. The molecule has 0 saturated heterocycles. The van der Waals surface area contributed by atoms with Gasteiger partial charge in [-0.3, -0.25) is 0 Å². The zero-order chi connectivity index (χ0) is 79.0. The molecule has 0 unspecified atom stereocenters. The van der Waals surface area contributed by atoms with Gasteiger partial charge in [0.1, 0.15) is 60.8 Å². The number of nitrogens with one attached hydrogen (secondary N) is 6. The number of benzene rings is 6. The van der Waals surface area contributed by atoms with Crippen molar-refractivity contribution in [1.82, 2.24) is 58.5 Å². The van der Waals surface area contributed by atoms with E-state index in [0.717, 1.165) is 165 Å². The molecule has 0 aliphatic carbocycles. The number of carbonyl (C=O) groups excluding carboxylic acids is 1. The van der Waals surface area contributed by atoms with E-state index in [1.165, 1.54) is 11.1 Å². The van der Waals surface area contributed by atoms with Gasteiger partial charge in [0.25, 0.3) is 0 Å². The number of carbonyl (C=O) groups is 2. The lowest BCUT2D eigenvalue weighted by molar-refractivity contribution is 0.0519. The molecule has 0 amide bonds. The van der Waals surface area contributed by atoms with Crippen molar-refractivity contribution in [2.45, 2.75) is 108 Å². The van der Waals surface area contributed by atoms with Crippen molar-refractivity contribution in [3.8, 4) is 23.0 Å². The van der Waals surface area contributed by atoms with Crippen LogP contribution in [0.5, 0.6) is 23.0 Å². The van der Waals surface area contributed by atoms with Crippen LogP contribution in [-0.4, -0.2) is 129 Å². The molecule has 9 heterocycles. The fourth-order valence-electron chi connectivity index (χ4n) is 13.1. The number of carboxylic acids is 1. The van der Waals surface area contributed by atoms with Crippen molar-refractivity contribution in [3.63, 3.8) is 0 Å². The molecule has 15 aromatic rings. The van der Waals surface area contributed by atoms with E-state index in [1.54, 1.807) is 38.9 Å². The van der Waals surface area contributed by atoms with E-state index in [0.29, 0.717) is 67.5 Å². The molecule has 0 aliphatic heterocycles. The number of likely N-dealkylation sites (N-methyl/N-ethyl adjacent to an activating group) is 1. The summed E-state index contributed by atoms with van der Waals surface area (Å²) in [5, 5.41) is 15.0. The summed E-state index contributed by atoms with van der Waals surface area (Å²) in [6.07, 6.45) is 18.7. The van der Waals surface area contributed by atoms with E-state index in [-0.39, 0.29) is 11.7 Å². The van der Waals surface area contributed by atoms with Gasteiger partial charge in [0.15, 0.2) is 0 Å². The van der Waals surface area contributed by atoms with Crippen LogP contribution in [0.3, 0.4) is 0 Å². The van der Waals surface area contributed by atoms with Crippen LogP contribution in [0, 0.1) is 41.5 Å². The third-order valence-electron chi connectivity index (χ3n) is 19.2. The summed E-state index contributed by atoms with van der Waals surface area (Å²) in [7, 11) is 4.05.